The molecule has 0 aliphatic rings. The Labute approximate surface area is 155 Å². The summed E-state index contributed by atoms with van der Waals surface area (Å²) in [5.41, 5.74) is 9.12. The molecule has 142 valence electrons. The third-order valence-corrected chi connectivity index (χ3v) is 3.72. The van der Waals surface area contributed by atoms with E-state index in [-0.39, 0.29) is 34.0 Å². The number of carbonyl (C=O) groups excluding carboxylic acids is 2. The van der Waals surface area contributed by atoms with Crippen LogP contribution in [-0.2, 0) is 6.18 Å². The van der Waals surface area contributed by atoms with Crippen molar-refractivity contribution in [3.63, 3.8) is 0 Å². The van der Waals surface area contributed by atoms with Gasteiger partial charge in [0.2, 0.25) is 5.78 Å². The van der Waals surface area contributed by atoms with Gasteiger partial charge in [-0.2, -0.15) is 13.2 Å². The first kappa shape index (κ1) is 18.9. The summed E-state index contributed by atoms with van der Waals surface area (Å²) < 4.78 is 39.1. The first-order valence-electron chi connectivity index (χ1n) is 7.63. The quantitative estimate of drug-likeness (QED) is 0.512. The number of hydrogen-bond donors (Lipinski definition) is 2. The van der Waals surface area contributed by atoms with Gasteiger partial charge in [-0.25, -0.2) is 15.0 Å². The minimum atomic E-state index is -4.72. The molecule has 0 fully saturated rings. The molecule has 28 heavy (non-hydrogen) atoms. The standard InChI is InChI=1S/C17H11F3N6O2/c18-17(19,20)10-4-9(5-24-15(10)21)11-6-25-16(22)13(26-11)14(28)12-8(7-27)2-1-3-23-12/h1-7H,(H2,21,24)(H2,22,25). The molecular weight excluding hydrogens is 377 g/mol. The number of aldehydes is 1. The van der Waals surface area contributed by atoms with E-state index in [1.807, 2.05) is 0 Å². The Bertz CT molecular complexity index is 1080. The number of carbonyl (C=O) groups is 2. The summed E-state index contributed by atoms with van der Waals surface area (Å²) in [6.07, 6.45) is -0.824. The lowest BCUT2D eigenvalue weighted by Gasteiger charge is -2.11. The van der Waals surface area contributed by atoms with Gasteiger partial charge in [-0.1, -0.05) is 0 Å². The van der Waals surface area contributed by atoms with Crippen LogP contribution < -0.4 is 11.5 Å². The highest BCUT2D eigenvalue weighted by Crippen LogP contribution is 2.34. The topological polar surface area (TPSA) is 138 Å². The molecule has 0 aliphatic carbocycles. The number of halogens is 3. The summed E-state index contributed by atoms with van der Waals surface area (Å²) in [5.74, 6) is -1.76. The van der Waals surface area contributed by atoms with Crippen molar-refractivity contribution in [2.24, 2.45) is 0 Å². The van der Waals surface area contributed by atoms with Crippen molar-refractivity contribution in [1.29, 1.82) is 0 Å². The van der Waals surface area contributed by atoms with Crippen LogP contribution in [0.4, 0.5) is 24.8 Å². The number of hydrogen-bond acceptors (Lipinski definition) is 8. The van der Waals surface area contributed by atoms with Gasteiger partial charge in [0.1, 0.15) is 11.5 Å². The minimum Gasteiger partial charge on any atom is -0.383 e. The summed E-state index contributed by atoms with van der Waals surface area (Å²) >= 11 is 0. The number of anilines is 2. The molecule has 0 saturated carbocycles. The summed E-state index contributed by atoms with van der Waals surface area (Å²) in [4.78, 5) is 39.0. The van der Waals surface area contributed by atoms with E-state index in [4.69, 9.17) is 11.5 Å². The summed E-state index contributed by atoms with van der Waals surface area (Å²) in [5, 5.41) is 0. The maximum absolute atomic E-state index is 13.0. The minimum absolute atomic E-state index is 0.00705. The molecular formula is C17H11F3N6O2. The van der Waals surface area contributed by atoms with Crippen LogP contribution >= 0.6 is 0 Å². The van der Waals surface area contributed by atoms with Crippen molar-refractivity contribution in [2.45, 2.75) is 6.18 Å². The van der Waals surface area contributed by atoms with E-state index in [0.29, 0.717) is 6.29 Å². The zero-order valence-electron chi connectivity index (χ0n) is 13.9. The van der Waals surface area contributed by atoms with Crippen LogP contribution in [0, 0.1) is 0 Å². The second kappa shape index (κ2) is 7.02. The van der Waals surface area contributed by atoms with Crippen LogP contribution in [0.3, 0.4) is 0 Å². The predicted molar refractivity (Wildman–Crippen MR) is 92.1 cm³/mol. The van der Waals surface area contributed by atoms with Crippen molar-refractivity contribution < 1.29 is 22.8 Å². The molecule has 0 spiro atoms. The van der Waals surface area contributed by atoms with E-state index in [0.717, 1.165) is 18.5 Å². The number of ketones is 1. The monoisotopic (exact) mass is 388 g/mol. The summed E-state index contributed by atoms with van der Waals surface area (Å²) in [6.45, 7) is 0. The number of pyridine rings is 2. The Kier molecular flexibility index (Phi) is 4.74. The molecule has 3 aromatic rings. The van der Waals surface area contributed by atoms with Crippen molar-refractivity contribution in [2.75, 3.05) is 11.5 Å². The first-order valence-corrected chi connectivity index (χ1v) is 7.63. The second-order valence-electron chi connectivity index (χ2n) is 5.53. The molecule has 3 aromatic heterocycles. The number of rotatable bonds is 4. The summed E-state index contributed by atoms with van der Waals surface area (Å²) in [7, 11) is 0. The van der Waals surface area contributed by atoms with Gasteiger partial charge in [0, 0.05) is 23.5 Å². The predicted octanol–water partition coefficient (Wildman–Crippen LogP) is 2.16. The number of nitrogens with zero attached hydrogens (tertiary/aromatic N) is 4. The van der Waals surface area contributed by atoms with Crippen LogP contribution in [0.15, 0.2) is 36.8 Å². The van der Waals surface area contributed by atoms with E-state index >= 15 is 0 Å². The van der Waals surface area contributed by atoms with E-state index < -0.39 is 23.3 Å². The Hall–Kier alpha value is -3.89. The lowest BCUT2D eigenvalue weighted by molar-refractivity contribution is -0.137. The molecule has 0 atom stereocenters. The molecule has 0 radical (unpaired) electrons. The van der Waals surface area contributed by atoms with Crippen LogP contribution in [-0.4, -0.2) is 32.0 Å². The largest absolute Gasteiger partial charge is 0.419 e. The van der Waals surface area contributed by atoms with Crippen molar-refractivity contribution in [1.82, 2.24) is 19.9 Å². The Morgan fingerprint density at radius 2 is 1.75 bits per heavy atom. The van der Waals surface area contributed by atoms with Crippen molar-refractivity contribution in [3.8, 4) is 11.3 Å². The molecule has 3 rings (SSSR count). The Balaban J connectivity index is 2.10. The molecule has 0 amide bonds. The molecule has 0 aliphatic heterocycles. The molecule has 0 bridgehead atoms. The number of nitrogen functional groups attached to an aromatic ring is 2. The highest BCUT2D eigenvalue weighted by molar-refractivity contribution is 6.12. The lowest BCUT2D eigenvalue weighted by atomic mass is 10.1. The fourth-order valence-corrected chi connectivity index (χ4v) is 2.36. The van der Waals surface area contributed by atoms with Gasteiger partial charge in [-0.15, -0.1) is 0 Å². The maximum atomic E-state index is 13.0. The van der Waals surface area contributed by atoms with Gasteiger partial charge < -0.3 is 11.5 Å². The van der Waals surface area contributed by atoms with Crippen LogP contribution in [0.2, 0.25) is 0 Å². The third kappa shape index (κ3) is 3.49. The molecule has 0 aromatic carbocycles. The average Bonchev–Trinajstić information content (AvgIpc) is 2.67. The van der Waals surface area contributed by atoms with Gasteiger partial charge in [0.25, 0.3) is 0 Å². The van der Waals surface area contributed by atoms with Crippen LogP contribution in [0.1, 0.15) is 32.1 Å². The molecule has 8 nitrogen and oxygen atoms in total. The zero-order chi connectivity index (χ0) is 20.5. The number of aromatic nitrogens is 4. The van der Waals surface area contributed by atoms with Crippen LogP contribution in [0.5, 0.6) is 0 Å². The first-order chi connectivity index (χ1) is 13.2. The summed E-state index contributed by atoms with van der Waals surface area (Å²) in [6, 6.07) is 3.58. The smallest absolute Gasteiger partial charge is 0.383 e. The van der Waals surface area contributed by atoms with E-state index in [1.165, 1.54) is 18.3 Å². The van der Waals surface area contributed by atoms with Crippen LogP contribution in [0.25, 0.3) is 11.3 Å². The molecule has 0 unspecified atom stereocenters. The molecule has 4 N–H and O–H groups in total. The van der Waals surface area contributed by atoms with Gasteiger partial charge in [0.15, 0.2) is 17.8 Å². The third-order valence-electron chi connectivity index (χ3n) is 3.72. The fourth-order valence-electron chi connectivity index (χ4n) is 2.36. The van der Waals surface area contributed by atoms with Gasteiger partial charge >= 0.3 is 6.18 Å². The van der Waals surface area contributed by atoms with Gasteiger partial charge in [-0.3, -0.25) is 14.6 Å². The van der Waals surface area contributed by atoms with E-state index in [9.17, 15) is 22.8 Å². The average molecular weight is 388 g/mol. The number of nitrogens with two attached hydrogens (primary N) is 2. The molecule has 11 heteroatoms. The highest BCUT2D eigenvalue weighted by Gasteiger charge is 2.34. The zero-order valence-corrected chi connectivity index (χ0v) is 13.9. The van der Waals surface area contributed by atoms with Gasteiger partial charge in [0.05, 0.1) is 17.5 Å². The molecule has 3 heterocycles. The highest BCUT2D eigenvalue weighted by atomic mass is 19.4. The van der Waals surface area contributed by atoms with E-state index in [2.05, 4.69) is 19.9 Å². The van der Waals surface area contributed by atoms with E-state index in [1.54, 1.807) is 0 Å². The van der Waals surface area contributed by atoms with Crippen molar-refractivity contribution >= 4 is 23.7 Å². The number of alkyl halides is 3. The molecule has 0 saturated heterocycles. The Morgan fingerprint density at radius 3 is 2.43 bits per heavy atom. The Morgan fingerprint density at radius 1 is 1.04 bits per heavy atom. The van der Waals surface area contributed by atoms with Crippen molar-refractivity contribution in [3.05, 3.63) is 59.3 Å². The normalized spacial score (nSPS) is 11.2. The lowest BCUT2D eigenvalue weighted by Crippen LogP contribution is -2.14. The SMILES string of the molecule is Nc1ncc(-c2cnc(N)c(C(=O)c3ncccc3C=O)n2)cc1C(F)(F)F. The maximum Gasteiger partial charge on any atom is 0.419 e. The second-order valence-corrected chi connectivity index (χ2v) is 5.53. The van der Waals surface area contributed by atoms with Gasteiger partial charge in [-0.05, 0) is 18.2 Å². The fraction of sp³-hybridized carbons (Fsp3) is 0.0588.